The Hall–Kier alpha value is -3.41. The number of amides is 1. The zero-order chi connectivity index (χ0) is 21.7. The van der Waals surface area contributed by atoms with Gasteiger partial charge in [0.25, 0.3) is 5.91 Å². The van der Waals surface area contributed by atoms with Crippen LogP contribution in [0.5, 0.6) is 11.5 Å². The summed E-state index contributed by atoms with van der Waals surface area (Å²) in [5.41, 5.74) is 7.82. The van der Waals surface area contributed by atoms with E-state index in [0.29, 0.717) is 17.4 Å². The third kappa shape index (κ3) is 4.95. The van der Waals surface area contributed by atoms with Crippen molar-refractivity contribution in [2.24, 2.45) is 0 Å². The van der Waals surface area contributed by atoms with Gasteiger partial charge in [-0.2, -0.15) is 4.39 Å². The zero-order valence-corrected chi connectivity index (χ0v) is 17.4. The molecule has 0 aliphatic heterocycles. The van der Waals surface area contributed by atoms with Gasteiger partial charge in [0, 0.05) is 11.3 Å². The van der Waals surface area contributed by atoms with Crippen molar-refractivity contribution in [1.82, 2.24) is 4.98 Å². The number of nitrogens with zero attached hydrogens (tertiary/aromatic N) is 1. The van der Waals surface area contributed by atoms with Gasteiger partial charge in [0.15, 0.2) is 0 Å². The first kappa shape index (κ1) is 21.3. The van der Waals surface area contributed by atoms with Crippen molar-refractivity contribution in [2.75, 3.05) is 11.1 Å². The number of rotatable bonds is 7. The first-order valence-electron chi connectivity index (χ1n) is 9.99. The van der Waals surface area contributed by atoms with Crippen molar-refractivity contribution in [2.45, 2.75) is 39.5 Å². The number of carbonyl (C=O) groups is 1. The predicted molar refractivity (Wildman–Crippen MR) is 118 cm³/mol. The van der Waals surface area contributed by atoms with Crippen molar-refractivity contribution < 1.29 is 13.9 Å². The maximum atomic E-state index is 13.5. The fourth-order valence-electron chi connectivity index (χ4n) is 3.29. The topological polar surface area (TPSA) is 77.2 Å². The highest BCUT2D eigenvalue weighted by atomic mass is 19.1. The number of ether oxygens (including phenoxy) is 1. The second kappa shape index (κ2) is 9.39. The summed E-state index contributed by atoms with van der Waals surface area (Å²) < 4.78 is 19.5. The molecule has 3 rings (SSSR count). The van der Waals surface area contributed by atoms with Crippen molar-refractivity contribution in [3.8, 4) is 11.5 Å². The number of hydrogen-bond acceptors (Lipinski definition) is 4. The molecular weight excluding hydrogens is 381 g/mol. The second-order valence-electron chi connectivity index (χ2n) is 7.34. The second-order valence-corrected chi connectivity index (χ2v) is 7.34. The van der Waals surface area contributed by atoms with Gasteiger partial charge in [-0.1, -0.05) is 38.5 Å². The molecule has 156 valence electrons. The van der Waals surface area contributed by atoms with Gasteiger partial charge in [-0.3, -0.25) is 4.79 Å². The third-order valence-corrected chi connectivity index (χ3v) is 4.94. The summed E-state index contributed by atoms with van der Waals surface area (Å²) in [6.07, 6.45) is 2.20. The van der Waals surface area contributed by atoms with E-state index in [4.69, 9.17) is 10.5 Å². The Balaban J connectivity index is 1.72. The van der Waals surface area contributed by atoms with Gasteiger partial charge in [-0.05, 0) is 61.2 Å². The fourth-order valence-corrected chi connectivity index (χ4v) is 3.29. The summed E-state index contributed by atoms with van der Waals surface area (Å²) in [5.74, 6) is 0.629. The smallest absolute Gasteiger partial charge is 0.259 e. The molecule has 0 bridgehead atoms. The van der Waals surface area contributed by atoms with Crippen LogP contribution in [-0.2, 0) is 0 Å². The van der Waals surface area contributed by atoms with Crippen LogP contribution in [0.2, 0.25) is 0 Å². The normalized spacial score (nSPS) is 11.7. The number of anilines is 2. The maximum Gasteiger partial charge on any atom is 0.259 e. The average molecular weight is 407 g/mol. The van der Waals surface area contributed by atoms with Crippen molar-refractivity contribution >= 4 is 17.4 Å². The molecule has 0 aliphatic rings. The van der Waals surface area contributed by atoms with Crippen LogP contribution in [0.1, 0.15) is 54.1 Å². The number of hydrogen-bond donors (Lipinski definition) is 2. The van der Waals surface area contributed by atoms with E-state index in [1.165, 1.54) is 18.6 Å². The highest BCUT2D eigenvalue weighted by molar-refractivity contribution is 6.07. The molecule has 0 spiro atoms. The molecule has 30 heavy (non-hydrogen) atoms. The molecule has 0 saturated carbocycles. The number of aryl methyl sites for hydroxylation is 1. The van der Waals surface area contributed by atoms with Crippen molar-refractivity contribution in [3.05, 3.63) is 77.2 Å². The van der Waals surface area contributed by atoms with E-state index in [0.717, 1.165) is 18.6 Å². The van der Waals surface area contributed by atoms with Gasteiger partial charge < -0.3 is 15.8 Å². The third-order valence-electron chi connectivity index (χ3n) is 4.94. The number of nitrogen functional groups attached to an aromatic ring is 1. The largest absolute Gasteiger partial charge is 0.457 e. The number of para-hydroxylation sites is 1. The van der Waals surface area contributed by atoms with Gasteiger partial charge in [0.2, 0.25) is 5.95 Å². The number of halogens is 1. The van der Waals surface area contributed by atoms with Gasteiger partial charge in [0.1, 0.15) is 17.3 Å². The monoisotopic (exact) mass is 407 g/mol. The van der Waals surface area contributed by atoms with E-state index in [9.17, 15) is 9.18 Å². The van der Waals surface area contributed by atoms with Crippen LogP contribution in [0.25, 0.3) is 0 Å². The summed E-state index contributed by atoms with van der Waals surface area (Å²) in [4.78, 5) is 16.0. The lowest BCUT2D eigenvalue weighted by Crippen LogP contribution is -2.16. The Morgan fingerprint density at radius 1 is 1.20 bits per heavy atom. The number of benzene rings is 2. The standard InChI is InChI=1S/C24H26FN3O2/c1-4-7-15(2)19-8-5-6-9-21(19)30-18-12-10-17(11-13-18)27-24(29)20-14-16(3)22(25)28-23(20)26/h5-6,8-15H,4,7H2,1-3H3,(H2,26,28)(H,27,29). The molecule has 1 atom stereocenters. The number of nitrogens with one attached hydrogen (secondary N) is 1. The lowest BCUT2D eigenvalue weighted by molar-refractivity contribution is 0.102. The highest BCUT2D eigenvalue weighted by Gasteiger charge is 2.15. The lowest BCUT2D eigenvalue weighted by atomic mass is 9.96. The summed E-state index contributed by atoms with van der Waals surface area (Å²) in [6, 6.07) is 16.5. The predicted octanol–water partition coefficient (Wildman–Crippen LogP) is 6.06. The summed E-state index contributed by atoms with van der Waals surface area (Å²) >= 11 is 0. The minimum Gasteiger partial charge on any atom is -0.457 e. The first-order valence-corrected chi connectivity index (χ1v) is 9.99. The summed E-state index contributed by atoms with van der Waals surface area (Å²) in [6.45, 7) is 5.90. The molecule has 0 aliphatic carbocycles. The van der Waals surface area contributed by atoms with E-state index < -0.39 is 11.9 Å². The number of pyridine rings is 1. The van der Waals surface area contributed by atoms with Crippen LogP contribution >= 0.6 is 0 Å². The van der Waals surface area contributed by atoms with Crippen molar-refractivity contribution in [3.63, 3.8) is 0 Å². The maximum absolute atomic E-state index is 13.5. The zero-order valence-electron chi connectivity index (χ0n) is 17.4. The average Bonchev–Trinajstić information content (AvgIpc) is 2.72. The minimum atomic E-state index is -0.681. The van der Waals surface area contributed by atoms with Gasteiger partial charge >= 0.3 is 0 Å². The van der Waals surface area contributed by atoms with Crippen LogP contribution in [-0.4, -0.2) is 10.9 Å². The van der Waals surface area contributed by atoms with Crippen molar-refractivity contribution in [1.29, 1.82) is 0 Å². The molecule has 3 aromatic rings. The molecule has 1 amide bonds. The summed E-state index contributed by atoms with van der Waals surface area (Å²) in [7, 11) is 0. The van der Waals surface area contributed by atoms with E-state index >= 15 is 0 Å². The minimum absolute atomic E-state index is 0.132. The van der Waals surface area contributed by atoms with Gasteiger partial charge in [0.05, 0.1) is 5.56 Å². The molecule has 1 aromatic heterocycles. The van der Waals surface area contributed by atoms with Crippen LogP contribution in [0.4, 0.5) is 15.9 Å². The number of aromatic nitrogens is 1. The first-order chi connectivity index (χ1) is 14.4. The fraction of sp³-hybridized carbons (Fsp3) is 0.250. The molecule has 6 heteroatoms. The molecular formula is C24H26FN3O2. The van der Waals surface area contributed by atoms with E-state index in [1.54, 1.807) is 24.3 Å². The highest BCUT2D eigenvalue weighted by Crippen LogP contribution is 2.33. The molecule has 0 fully saturated rings. The Bertz CT molecular complexity index is 1040. The number of nitrogens with two attached hydrogens (primary N) is 1. The van der Waals surface area contributed by atoms with E-state index in [2.05, 4.69) is 30.2 Å². The molecule has 5 nitrogen and oxygen atoms in total. The number of carbonyl (C=O) groups excluding carboxylic acids is 1. The van der Waals surface area contributed by atoms with Gasteiger partial charge in [-0.25, -0.2) is 4.98 Å². The molecule has 3 N–H and O–H groups in total. The van der Waals surface area contributed by atoms with Gasteiger partial charge in [-0.15, -0.1) is 0 Å². The van der Waals surface area contributed by atoms with E-state index in [1.807, 2.05) is 18.2 Å². The molecule has 0 saturated heterocycles. The van der Waals surface area contributed by atoms with Crippen LogP contribution in [0, 0.1) is 12.9 Å². The Morgan fingerprint density at radius 3 is 2.60 bits per heavy atom. The van der Waals surface area contributed by atoms with Crippen LogP contribution in [0.15, 0.2) is 54.6 Å². The molecule has 2 aromatic carbocycles. The SMILES string of the molecule is CCCC(C)c1ccccc1Oc1ccc(NC(=O)c2cc(C)c(F)nc2N)cc1. The molecule has 1 unspecified atom stereocenters. The Labute approximate surface area is 176 Å². The quantitative estimate of drug-likeness (QED) is 0.467. The summed E-state index contributed by atoms with van der Waals surface area (Å²) in [5, 5.41) is 2.75. The lowest BCUT2D eigenvalue weighted by Gasteiger charge is -2.16. The Kier molecular flexibility index (Phi) is 6.67. The van der Waals surface area contributed by atoms with Crippen LogP contribution < -0.4 is 15.8 Å². The van der Waals surface area contributed by atoms with E-state index in [-0.39, 0.29) is 16.9 Å². The Morgan fingerprint density at radius 2 is 1.90 bits per heavy atom. The molecule has 0 radical (unpaired) electrons. The molecule has 1 heterocycles. The van der Waals surface area contributed by atoms with Crippen LogP contribution in [0.3, 0.4) is 0 Å².